The molecule has 0 spiro atoms. The summed E-state index contributed by atoms with van der Waals surface area (Å²) >= 11 is 0. The standard InChI is InChI=1S/C29H32F5N7O2/c1-39-10-9-22(20(31)15-39)36-21-5-3-6-23-18(21)12-25(41(23)16-29(32,33)34)27-37-26(43-38-27)13-35-28(42)17-8-11-40(14-17)24-7-2-4-19(24)30/h3,5-6,8,11-12,14,19-20,22,24,36H,2,4,7,9-10,13,15-16H2,1H3,(H,35,42)/t19-,20+,22-,24-/m1/s1. The lowest BCUT2D eigenvalue weighted by molar-refractivity contribution is -0.139. The van der Waals surface area contributed by atoms with E-state index >= 15 is 0 Å². The van der Waals surface area contributed by atoms with Crippen LogP contribution in [0.4, 0.5) is 27.6 Å². The van der Waals surface area contributed by atoms with Gasteiger partial charge in [0.1, 0.15) is 18.9 Å². The van der Waals surface area contributed by atoms with Crippen LogP contribution >= 0.6 is 0 Å². The third-order valence-electron chi connectivity index (χ3n) is 8.22. The number of likely N-dealkylation sites (tertiary alicyclic amines) is 1. The molecule has 230 valence electrons. The first-order valence-corrected chi connectivity index (χ1v) is 14.3. The van der Waals surface area contributed by atoms with E-state index in [2.05, 4.69) is 20.8 Å². The van der Waals surface area contributed by atoms with Gasteiger partial charge in [-0.05, 0) is 57.0 Å². The van der Waals surface area contributed by atoms with Crippen LogP contribution in [0.15, 0.2) is 47.2 Å². The number of carbonyl (C=O) groups is 1. The minimum atomic E-state index is -4.54. The van der Waals surface area contributed by atoms with Gasteiger partial charge >= 0.3 is 6.18 Å². The molecule has 2 fully saturated rings. The number of carbonyl (C=O) groups excluding carboxylic acids is 1. The number of hydrogen-bond donors (Lipinski definition) is 2. The maximum absolute atomic E-state index is 14.7. The lowest BCUT2D eigenvalue weighted by atomic mass is 10.0. The highest BCUT2D eigenvalue weighted by Crippen LogP contribution is 2.35. The molecule has 1 aliphatic carbocycles. The molecule has 14 heteroatoms. The third-order valence-corrected chi connectivity index (χ3v) is 8.22. The van der Waals surface area contributed by atoms with Crippen LogP contribution in [0, 0.1) is 0 Å². The Hall–Kier alpha value is -3.94. The molecule has 1 aromatic carbocycles. The van der Waals surface area contributed by atoms with Crippen molar-refractivity contribution < 1.29 is 31.3 Å². The van der Waals surface area contributed by atoms with Crippen LogP contribution in [0.25, 0.3) is 22.4 Å². The first-order valence-electron chi connectivity index (χ1n) is 14.3. The molecule has 6 rings (SSSR count). The van der Waals surface area contributed by atoms with Gasteiger partial charge in [0.15, 0.2) is 0 Å². The Bertz CT molecular complexity index is 1600. The highest BCUT2D eigenvalue weighted by Gasteiger charge is 2.33. The fourth-order valence-electron chi connectivity index (χ4n) is 6.04. The molecule has 1 saturated heterocycles. The smallest absolute Gasteiger partial charge is 0.379 e. The van der Waals surface area contributed by atoms with E-state index < -0.39 is 37.0 Å². The van der Waals surface area contributed by atoms with Crippen LogP contribution in [0.3, 0.4) is 0 Å². The number of alkyl halides is 5. The molecule has 0 bridgehead atoms. The maximum atomic E-state index is 14.7. The number of rotatable bonds is 8. The zero-order valence-corrected chi connectivity index (χ0v) is 23.5. The number of halogens is 5. The Morgan fingerprint density at radius 2 is 1.98 bits per heavy atom. The molecule has 4 atom stereocenters. The highest BCUT2D eigenvalue weighted by atomic mass is 19.4. The average Bonchev–Trinajstić information content (AvgIpc) is 3.75. The number of piperidine rings is 1. The van der Waals surface area contributed by atoms with E-state index in [1.165, 1.54) is 6.07 Å². The van der Waals surface area contributed by atoms with Crippen LogP contribution in [-0.4, -0.2) is 74.8 Å². The predicted octanol–water partition coefficient (Wildman–Crippen LogP) is 5.50. The number of aromatic nitrogens is 4. The summed E-state index contributed by atoms with van der Waals surface area (Å²) in [6.07, 6.45) is -0.816. The summed E-state index contributed by atoms with van der Waals surface area (Å²) in [7, 11) is 1.84. The van der Waals surface area contributed by atoms with E-state index in [0.29, 0.717) is 42.4 Å². The van der Waals surface area contributed by atoms with Gasteiger partial charge in [0, 0.05) is 36.6 Å². The van der Waals surface area contributed by atoms with Gasteiger partial charge in [-0.2, -0.15) is 18.2 Å². The molecule has 43 heavy (non-hydrogen) atoms. The van der Waals surface area contributed by atoms with Crippen molar-refractivity contribution in [1.29, 1.82) is 0 Å². The zero-order valence-electron chi connectivity index (χ0n) is 23.5. The van der Waals surface area contributed by atoms with Crippen molar-refractivity contribution in [2.75, 3.05) is 25.5 Å². The van der Waals surface area contributed by atoms with Crippen molar-refractivity contribution in [1.82, 2.24) is 29.5 Å². The van der Waals surface area contributed by atoms with Crippen LogP contribution in [0.5, 0.6) is 0 Å². The molecule has 4 aromatic rings. The molecule has 2 N–H and O–H groups in total. The Morgan fingerprint density at radius 1 is 1.14 bits per heavy atom. The summed E-state index contributed by atoms with van der Waals surface area (Å²) in [6, 6.07) is 7.24. The maximum Gasteiger partial charge on any atom is 0.406 e. The van der Waals surface area contributed by atoms with Crippen molar-refractivity contribution in [3.05, 3.63) is 54.2 Å². The first kappa shape index (κ1) is 29.1. The van der Waals surface area contributed by atoms with E-state index in [1.807, 2.05) is 11.9 Å². The molecule has 0 radical (unpaired) electrons. The summed E-state index contributed by atoms with van der Waals surface area (Å²) in [5, 5.41) is 10.2. The summed E-state index contributed by atoms with van der Waals surface area (Å²) in [6.45, 7) is -0.498. The van der Waals surface area contributed by atoms with E-state index in [-0.39, 0.29) is 42.1 Å². The van der Waals surface area contributed by atoms with E-state index in [1.54, 1.807) is 41.2 Å². The minimum absolute atomic E-state index is 0.00356. The van der Waals surface area contributed by atoms with Gasteiger partial charge in [0.25, 0.3) is 5.91 Å². The van der Waals surface area contributed by atoms with Gasteiger partial charge in [-0.15, -0.1) is 0 Å². The molecule has 3 aromatic heterocycles. The monoisotopic (exact) mass is 605 g/mol. The Kier molecular flexibility index (Phi) is 7.88. The summed E-state index contributed by atoms with van der Waals surface area (Å²) in [4.78, 5) is 18.8. The molecular weight excluding hydrogens is 573 g/mol. The second-order valence-electron chi connectivity index (χ2n) is 11.3. The van der Waals surface area contributed by atoms with E-state index in [0.717, 1.165) is 11.0 Å². The SMILES string of the molecule is CN1CC[C@@H](Nc2cccc3c2cc(-c2noc(CNC(=O)c4ccn([C@@H]5CCC[C@H]5F)c4)n2)n3CC(F)(F)F)[C@@H](F)C1. The Balaban J connectivity index is 1.22. The van der Waals surface area contributed by atoms with Crippen LogP contribution in [0.1, 0.15) is 48.0 Å². The number of nitrogens with zero attached hydrogens (tertiary/aromatic N) is 5. The lowest BCUT2D eigenvalue weighted by Gasteiger charge is -2.33. The number of benzene rings is 1. The first-order chi connectivity index (χ1) is 20.6. The number of hydrogen-bond acceptors (Lipinski definition) is 6. The minimum Gasteiger partial charge on any atom is -0.379 e. The van der Waals surface area contributed by atoms with E-state index in [4.69, 9.17) is 4.52 Å². The molecular formula is C29H32F5N7O2. The van der Waals surface area contributed by atoms with Gasteiger partial charge in [-0.1, -0.05) is 11.2 Å². The zero-order chi connectivity index (χ0) is 30.3. The summed E-state index contributed by atoms with van der Waals surface area (Å²) < 4.78 is 77.9. The lowest BCUT2D eigenvalue weighted by Crippen LogP contribution is -2.46. The average molecular weight is 606 g/mol. The molecule has 9 nitrogen and oxygen atoms in total. The molecule has 1 amide bonds. The van der Waals surface area contributed by atoms with Crippen LogP contribution in [-0.2, 0) is 13.1 Å². The Labute approximate surface area is 244 Å². The predicted molar refractivity (Wildman–Crippen MR) is 149 cm³/mol. The van der Waals surface area contributed by atoms with Gasteiger partial charge < -0.3 is 29.2 Å². The van der Waals surface area contributed by atoms with Crippen LogP contribution < -0.4 is 10.6 Å². The van der Waals surface area contributed by atoms with Gasteiger partial charge in [0.2, 0.25) is 11.7 Å². The van der Waals surface area contributed by atoms with Crippen molar-refractivity contribution in [2.45, 2.75) is 69.4 Å². The molecule has 0 unspecified atom stereocenters. The fraction of sp³-hybridized carbons (Fsp3) is 0.483. The van der Waals surface area contributed by atoms with Gasteiger partial charge in [-0.3, -0.25) is 4.79 Å². The third kappa shape index (κ3) is 6.24. The van der Waals surface area contributed by atoms with Crippen molar-refractivity contribution in [3.8, 4) is 11.5 Å². The number of nitrogens with one attached hydrogen (secondary N) is 2. The van der Waals surface area contributed by atoms with Crippen molar-refractivity contribution >= 4 is 22.5 Å². The molecule has 1 saturated carbocycles. The molecule has 4 heterocycles. The molecule has 2 aliphatic rings. The largest absolute Gasteiger partial charge is 0.406 e. The Morgan fingerprint density at radius 3 is 2.72 bits per heavy atom. The van der Waals surface area contributed by atoms with Crippen molar-refractivity contribution in [3.63, 3.8) is 0 Å². The van der Waals surface area contributed by atoms with Crippen LogP contribution in [0.2, 0.25) is 0 Å². The van der Waals surface area contributed by atoms with E-state index in [9.17, 15) is 26.7 Å². The quantitative estimate of drug-likeness (QED) is 0.258. The fourth-order valence-corrected chi connectivity index (χ4v) is 6.04. The number of amides is 1. The van der Waals surface area contributed by atoms with Gasteiger partial charge in [-0.25, -0.2) is 8.78 Å². The topological polar surface area (TPSA) is 93.2 Å². The molecule has 1 aliphatic heterocycles. The highest BCUT2D eigenvalue weighted by molar-refractivity contribution is 5.96. The van der Waals surface area contributed by atoms with Gasteiger partial charge in [0.05, 0.1) is 35.4 Å². The second kappa shape index (κ2) is 11.6. The number of fused-ring (bicyclic) bond motifs is 1. The second-order valence-corrected chi connectivity index (χ2v) is 11.3. The van der Waals surface area contributed by atoms with Crippen molar-refractivity contribution in [2.24, 2.45) is 0 Å². The normalized spacial score (nSPS) is 23.2. The summed E-state index contributed by atoms with van der Waals surface area (Å²) in [5.41, 5.74) is 1.20. The summed E-state index contributed by atoms with van der Waals surface area (Å²) in [5.74, 6) is -0.523. The number of anilines is 1.